The van der Waals surface area contributed by atoms with Gasteiger partial charge in [0.1, 0.15) is 5.60 Å². The number of benzene rings is 1. The molecule has 1 aromatic rings. The Hall–Kier alpha value is -2.21. The summed E-state index contributed by atoms with van der Waals surface area (Å²) in [6.45, 7) is 0. The third-order valence-electron chi connectivity index (χ3n) is 3.84. The van der Waals surface area contributed by atoms with Crippen LogP contribution in [0.4, 0.5) is 4.79 Å². The summed E-state index contributed by atoms with van der Waals surface area (Å²) in [4.78, 5) is 11.6. The number of hydrogen-bond donors (Lipinski definition) is 0. The van der Waals surface area contributed by atoms with Gasteiger partial charge in [0.15, 0.2) is 0 Å². The third-order valence-corrected chi connectivity index (χ3v) is 3.84. The van der Waals surface area contributed by atoms with Crippen LogP contribution in [-0.4, -0.2) is 18.9 Å². The van der Waals surface area contributed by atoms with Crippen LogP contribution in [-0.2, 0) is 9.47 Å². The molecule has 1 saturated carbocycles. The zero-order chi connectivity index (χ0) is 15.1. The molecule has 0 aromatic heterocycles. The molecule has 1 aliphatic rings. The molecule has 1 unspecified atom stereocenters. The van der Waals surface area contributed by atoms with Crippen molar-refractivity contribution in [2.45, 2.75) is 37.7 Å². The lowest BCUT2D eigenvalue weighted by molar-refractivity contribution is -0.0163. The first kappa shape index (κ1) is 15.2. The van der Waals surface area contributed by atoms with Gasteiger partial charge in [-0.05, 0) is 36.8 Å². The average molecular weight is 284 g/mol. The van der Waals surface area contributed by atoms with E-state index in [1.165, 1.54) is 7.11 Å². The largest absolute Gasteiger partial charge is 0.508 e. The smallest absolute Gasteiger partial charge is 0.438 e. The second kappa shape index (κ2) is 6.99. The van der Waals surface area contributed by atoms with Crippen molar-refractivity contribution in [3.05, 3.63) is 41.5 Å². The minimum absolute atomic E-state index is 0.376. The Morgan fingerprint density at radius 1 is 1.38 bits per heavy atom. The van der Waals surface area contributed by atoms with Crippen molar-refractivity contribution < 1.29 is 14.3 Å². The van der Waals surface area contributed by atoms with Gasteiger partial charge in [0.05, 0.1) is 13.5 Å². The Kier molecular flexibility index (Phi) is 5.05. The summed E-state index contributed by atoms with van der Waals surface area (Å²) in [6, 6.07) is 10.0. The maximum Gasteiger partial charge on any atom is 0.508 e. The van der Waals surface area contributed by atoms with Crippen LogP contribution < -0.4 is 0 Å². The van der Waals surface area contributed by atoms with Gasteiger partial charge in [0, 0.05) is 0 Å². The van der Waals surface area contributed by atoms with E-state index < -0.39 is 11.8 Å². The molecule has 0 spiro atoms. The van der Waals surface area contributed by atoms with Crippen molar-refractivity contribution in [3.63, 3.8) is 0 Å². The molecule has 1 atom stereocenters. The minimum Gasteiger partial charge on any atom is -0.438 e. The fourth-order valence-corrected chi connectivity index (χ4v) is 2.79. The molecule has 2 rings (SSSR count). The lowest BCUT2D eigenvalue weighted by Gasteiger charge is -2.37. The SMILES string of the molecule is C#CCC1(OC(=O)OC)CCCC/C1=C/c1ccccc1. The molecule has 1 fully saturated rings. The van der Waals surface area contributed by atoms with Crippen molar-refractivity contribution in [3.8, 4) is 12.3 Å². The van der Waals surface area contributed by atoms with E-state index in [1.54, 1.807) is 0 Å². The number of terminal acetylenes is 1. The van der Waals surface area contributed by atoms with Crippen LogP contribution >= 0.6 is 0 Å². The molecule has 0 amide bonds. The molecule has 0 bridgehead atoms. The predicted octanol–water partition coefficient (Wildman–Crippen LogP) is 4.19. The maximum absolute atomic E-state index is 11.6. The van der Waals surface area contributed by atoms with E-state index in [4.69, 9.17) is 11.2 Å². The quantitative estimate of drug-likeness (QED) is 0.616. The van der Waals surface area contributed by atoms with E-state index in [-0.39, 0.29) is 0 Å². The van der Waals surface area contributed by atoms with Crippen LogP contribution in [0.25, 0.3) is 6.08 Å². The van der Waals surface area contributed by atoms with E-state index in [1.807, 2.05) is 30.3 Å². The fraction of sp³-hybridized carbons (Fsp3) is 0.389. The summed E-state index contributed by atoms with van der Waals surface area (Å²) in [5.74, 6) is 2.65. The van der Waals surface area contributed by atoms with Crippen LogP contribution in [0.15, 0.2) is 35.9 Å². The Balaban J connectivity index is 2.36. The van der Waals surface area contributed by atoms with Crippen LogP contribution in [0.1, 0.15) is 37.7 Å². The van der Waals surface area contributed by atoms with Gasteiger partial charge in [-0.15, -0.1) is 12.3 Å². The van der Waals surface area contributed by atoms with Gasteiger partial charge in [0.2, 0.25) is 0 Å². The second-order valence-corrected chi connectivity index (χ2v) is 5.22. The topological polar surface area (TPSA) is 35.5 Å². The number of methoxy groups -OCH3 is 1. The minimum atomic E-state index is -0.726. The van der Waals surface area contributed by atoms with E-state index in [0.717, 1.165) is 36.8 Å². The molecule has 0 aliphatic heterocycles. The average Bonchev–Trinajstić information content (AvgIpc) is 2.51. The molecule has 110 valence electrons. The van der Waals surface area contributed by atoms with Crippen molar-refractivity contribution in [1.82, 2.24) is 0 Å². The Morgan fingerprint density at radius 3 is 2.81 bits per heavy atom. The number of carbonyl (C=O) groups excluding carboxylic acids is 1. The summed E-state index contributed by atoms with van der Waals surface area (Å²) >= 11 is 0. The zero-order valence-corrected chi connectivity index (χ0v) is 12.3. The second-order valence-electron chi connectivity index (χ2n) is 5.22. The first-order valence-corrected chi connectivity index (χ1v) is 7.17. The highest BCUT2D eigenvalue weighted by atomic mass is 16.7. The highest BCUT2D eigenvalue weighted by molar-refractivity contribution is 5.63. The van der Waals surface area contributed by atoms with Crippen molar-refractivity contribution in [2.75, 3.05) is 7.11 Å². The molecule has 1 aromatic carbocycles. The van der Waals surface area contributed by atoms with Gasteiger partial charge in [-0.25, -0.2) is 4.79 Å². The van der Waals surface area contributed by atoms with Gasteiger partial charge in [-0.2, -0.15) is 0 Å². The third kappa shape index (κ3) is 3.66. The first-order chi connectivity index (χ1) is 10.2. The summed E-state index contributed by atoms with van der Waals surface area (Å²) in [5.41, 5.74) is 1.43. The van der Waals surface area contributed by atoms with Gasteiger partial charge in [-0.1, -0.05) is 36.4 Å². The van der Waals surface area contributed by atoms with Crippen molar-refractivity contribution >= 4 is 12.2 Å². The number of rotatable bonds is 3. The van der Waals surface area contributed by atoms with Gasteiger partial charge >= 0.3 is 6.16 Å². The number of ether oxygens (including phenoxy) is 2. The molecule has 21 heavy (non-hydrogen) atoms. The van der Waals surface area contributed by atoms with Crippen LogP contribution in [0.5, 0.6) is 0 Å². The highest BCUT2D eigenvalue weighted by Crippen LogP contribution is 2.40. The van der Waals surface area contributed by atoms with Crippen molar-refractivity contribution in [1.29, 1.82) is 0 Å². The molecular formula is C18H20O3. The molecule has 0 heterocycles. The highest BCUT2D eigenvalue weighted by Gasteiger charge is 2.40. The summed E-state index contributed by atoms with van der Waals surface area (Å²) in [7, 11) is 1.31. The standard InChI is InChI=1S/C18H20O3/c1-3-12-18(21-17(19)20-2)13-8-7-11-16(18)14-15-9-5-4-6-10-15/h1,4-6,9-10,14H,7-8,11-13H2,2H3/b16-14-. The molecular weight excluding hydrogens is 264 g/mol. The van der Waals surface area contributed by atoms with Gasteiger partial charge in [0.25, 0.3) is 0 Å². The molecule has 0 saturated heterocycles. The van der Waals surface area contributed by atoms with Crippen LogP contribution in [0.3, 0.4) is 0 Å². The fourth-order valence-electron chi connectivity index (χ4n) is 2.79. The Morgan fingerprint density at radius 2 is 2.14 bits per heavy atom. The first-order valence-electron chi connectivity index (χ1n) is 7.17. The van der Waals surface area contributed by atoms with Crippen LogP contribution in [0, 0.1) is 12.3 Å². The molecule has 0 radical (unpaired) electrons. The lowest BCUT2D eigenvalue weighted by atomic mass is 9.77. The van der Waals surface area contributed by atoms with E-state index >= 15 is 0 Å². The van der Waals surface area contributed by atoms with Gasteiger partial charge < -0.3 is 9.47 Å². The monoisotopic (exact) mass is 284 g/mol. The number of carbonyl (C=O) groups is 1. The van der Waals surface area contributed by atoms with Crippen molar-refractivity contribution in [2.24, 2.45) is 0 Å². The lowest BCUT2D eigenvalue weighted by Crippen LogP contribution is -2.39. The molecule has 3 heteroatoms. The van der Waals surface area contributed by atoms with E-state index in [0.29, 0.717) is 6.42 Å². The summed E-state index contributed by atoms with van der Waals surface area (Å²) in [5, 5.41) is 0. The Bertz CT molecular complexity index is 554. The molecule has 1 aliphatic carbocycles. The maximum atomic E-state index is 11.6. The number of hydrogen-bond acceptors (Lipinski definition) is 3. The predicted molar refractivity (Wildman–Crippen MR) is 82.6 cm³/mol. The van der Waals surface area contributed by atoms with E-state index in [9.17, 15) is 4.79 Å². The van der Waals surface area contributed by atoms with Gasteiger partial charge in [-0.3, -0.25) is 0 Å². The van der Waals surface area contributed by atoms with Crippen LogP contribution in [0.2, 0.25) is 0 Å². The normalized spacial score (nSPS) is 23.3. The zero-order valence-electron chi connectivity index (χ0n) is 12.3. The summed E-state index contributed by atoms with van der Waals surface area (Å²) in [6.07, 6.45) is 11.0. The van der Waals surface area contributed by atoms with E-state index in [2.05, 4.69) is 16.7 Å². The summed E-state index contributed by atoms with van der Waals surface area (Å²) < 4.78 is 10.2. The molecule has 3 nitrogen and oxygen atoms in total. The Labute approximate surface area is 126 Å². The molecule has 0 N–H and O–H groups in total.